The number of benzene rings is 3. The van der Waals surface area contributed by atoms with E-state index in [0.717, 1.165) is 44.6 Å². The zero-order chi connectivity index (χ0) is 34.3. The molecule has 1 fully saturated rings. The van der Waals surface area contributed by atoms with Crippen LogP contribution in [0.1, 0.15) is 86.4 Å². The van der Waals surface area contributed by atoms with Gasteiger partial charge in [-0.1, -0.05) is 33.8 Å². The summed E-state index contributed by atoms with van der Waals surface area (Å²) in [6, 6.07) is 20.4. The normalized spacial score (nSPS) is 17.5. The number of rotatable bonds is 16. The van der Waals surface area contributed by atoms with Crippen LogP contribution < -0.4 is 9.47 Å². The van der Waals surface area contributed by atoms with E-state index in [2.05, 4.69) is 37.6 Å². The standard InChI is InChI=1S/C39H46N2O7/c1-5-37(42)46-25-9-7-6-8-24-45-33-19-13-30(14-20-33)38(43)47-34-21-17-32(18-22-34)41-40-31-15-11-29(12-16-31)39(44)48-36-26-28(4)10-23-35(36)27(2)3/h5,11-22,27-28,35-36H,1,6-10,23-26H2,2-4H3. The summed E-state index contributed by atoms with van der Waals surface area (Å²) in [4.78, 5) is 36.5. The summed E-state index contributed by atoms with van der Waals surface area (Å²) in [6.45, 7) is 10.9. The number of unbranched alkanes of at least 4 members (excludes halogenated alkanes) is 3. The first-order chi connectivity index (χ1) is 23.2. The smallest absolute Gasteiger partial charge is 0.343 e. The second-order valence-corrected chi connectivity index (χ2v) is 12.6. The van der Waals surface area contributed by atoms with E-state index in [1.807, 2.05) is 0 Å². The van der Waals surface area contributed by atoms with Crippen molar-refractivity contribution in [2.24, 2.45) is 28.0 Å². The molecule has 0 saturated heterocycles. The highest BCUT2D eigenvalue weighted by Crippen LogP contribution is 2.36. The molecule has 9 nitrogen and oxygen atoms in total. The van der Waals surface area contributed by atoms with Crippen molar-refractivity contribution >= 4 is 29.3 Å². The van der Waals surface area contributed by atoms with Gasteiger partial charge in [-0.3, -0.25) is 0 Å². The van der Waals surface area contributed by atoms with Crippen LogP contribution >= 0.6 is 0 Å². The van der Waals surface area contributed by atoms with Crippen molar-refractivity contribution in [2.45, 2.75) is 71.8 Å². The number of esters is 3. The minimum Gasteiger partial charge on any atom is -0.494 e. The number of ether oxygens (including phenoxy) is 4. The van der Waals surface area contributed by atoms with E-state index < -0.39 is 11.9 Å². The summed E-state index contributed by atoms with van der Waals surface area (Å²) in [5.74, 6) is 1.29. The first-order valence-corrected chi connectivity index (χ1v) is 16.8. The lowest BCUT2D eigenvalue weighted by atomic mass is 9.75. The summed E-state index contributed by atoms with van der Waals surface area (Å²) >= 11 is 0. The molecule has 4 rings (SSSR count). The molecule has 3 atom stereocenters. The van der Waals surface area contributed by atoms with Gasteiger partial charge >= 0.3 is 17.9 Å². The summed E-state index contributed by atoms with van der Waals surface area (Å²) in [6.07, 6.45) is 7.86. The van der Waals surface area contributed by atoms with Gasteiger partial charge in [0.15, 0.2) is 0 Å². The molecule has 3 aromatic carbocycles. The lowest BCUT2D eigenvalue weighted by molar-refractivity contribution is -0.137. The molecule has 1 aliphatic carbocycles. The predicted octanol–water partition coefficient (Wildman–Crippen LogP) is 9.61. The minimum atomic E-state index is -0.482. The molecule has 0 aromatic heterocycles. The molecule has 0 aliphatic heterocycles. The van der Waals surface area contributed by atoms with Crippen LogP contribution in [-0.2, 0) is 14.3 Å². The lowest BCUT2D eigenvalue weighted by Gasteiger charge is -2.36. The van der Waals surface area contributed by atoms with Crippen LogP contribution in [0.3, 0.4) is 0 Å². The molecule has 1 aliphatic rings. The lowest BCUT2D eigenvalue weighted by Crippen LogP contribution is -2.35. The van der Waals surface area contributed by atoms with Crippen molar-refractivity contribution in [3.8, 4) is 11.5 Å². The summed E-state index contributed by atoms with van der Waals surface area (Å²) < 4.78 is 22.2. The maximum absolute atomic E-state index is 12.9. The Hall–Kier alpha value is -4.79. The topological polar surface area (TPSA) is 113 Å². The van der Waals surface area contributed by atoms with Crippen molar-refractivity contribution in [1.82, 2.24) is 0 Å². The quantitative estimate of drug-likeness (QED) is 0.0497. The van der Waals surface area contributed by atoms with Crippen LogP contribution in [0.25, 0.3) is 0 Å². The second kappa shape index (κ2) is 18.5. The fourth-order valence-electron chi connectivity index (χ4n) is 5.65. The van der Waals surface area contributed by atoms with Crippen molar-refractivity contribution < 1.29 is 33.3 Å². The number of azo groups is 1. The zero-order valence-electron chi connectivity index (χ0n) is 28.1. The number of hydrogen-bond donors (Lipinski definition) is 0. The van der Waals surface area contributed by atoms with Gasteiger partial charge in [0.1, 0.15) is 17.6 Å². The average Bonchev–Trinajstić information content (AvgIpc) is 3.09. The van der Waals surface area contributed by atoms with Gasteiger partial charge in [-0.25, -0.2) is 14.4 Å². The molecule has 9 heteroatoms. The molecule has 254 valence electrons. The Morgan fingerprint density at radius 1 is 0.771 bits per heavy atom. The van der Waals surface area contributed by atoms with Gasteiger partial charge in [0, 0.05) is 6.08 Å². The van der Waals surface area contributed by atoms with Crippen LogP contribution in [0.4, 0.5) is 11.4 Å². The Morgan fingerprint density at radius 3 is 1.96 bits per heavy atom. The van der Waals surface area contributed by atoms with Crippen LogP contribution in [0.2, 0.25) is 0 Å². The highest BCUT2D eigenvalue weighted by molar-refractivity contribution is 5.91. The predicted molar refractivity (Wildman–Crippen MR) is 184 cm³/mol. The Balaban J connectivity index is 1.18. The van der Waals surface area contributed by atoms with Crippen molar-refractivity contribution in [3.63, 3.8) is 0 Å². The maximum Gasteiger partial charge on any atom is 0.343 e. The third-order valence-electron chi connectivity index (χ3n) is 8.46. The van der Waals surface area contributed by atoms with Crippen LogP contribution in [0.5, 0.6) is 11.5 Å². The van der Waals surface area contributed by atoms with E-state index in [1.165, 1.54) is 6.42 Å². The molecular formula is C39H46N2O7. The SMILES string of the molecule is C=CC(=O)OCCCCCCOc1ccc(C(=O)Oc2ccc(N=Nc3ccc(C(=O)OC4CC(C)CCC4C(C)C)cc3)cc2)cc1. The summed E-state index contributed by atoms with van der Waals surface area (Å²) in [5, 5.41) is 8.53. The van der Waals surface area contributed by atoms with Gasteiger partial charge in [0.25, 0.3) is 0 Å². The number of nitrogens with zero attached hydrogens (tertiary/aromatic N) is 2. The van der Waals surface area contributed by atoms with E-state index in [1.54, 1.807) is 72.8 Å². The van der Waals surface area contributed by atoms with Crippen LogP contribution in [-0.4, -0.2) is 37.2 Å². The largest absolute Gasteiger partial charge is 0.494 e. The second-order valence-electron chi connectivity index (χ2n) is 12.6. The van der Waals surface area contributed by atoms with Crippen molar-refractivity contribution in [2.75, 3.05) is 13.2 Å². The van der Waals surface area contributed by atoms with Gasteiger partial charge in [-0.15, -0.1) is 0 Å². The third-order valence-corrected chi connectivity index (χ3v) is 8.46. The third kappa shape index (κ3) is 11.5. The molecule has 1 saturated carbocycles. The average molecular weight is 655 g/mol. The molecule has 0 amide bonds. The van der Waals surface area contributed by atoms with E-state index in [9.17, 15) is 14.4 Å². The number of carbonyl (C=O) groups is 3. The Morgan fingerprint density at radius 2 is 1.33 bits per heavy atom. The van der Waals surface area contributed by atoms with Crippen LogP contribution in [0, 0.1) is 17.8 Å². The van der Waals surface area contributed by atoms with E-state index in [4.69, 9.17) is 18.9 Å². The highest BCUT2D eigenvalue weighted by atomic mass is 16.5. The fraction of sp³-hybridized carbons (Fsp3) is 0.410. The molecular weight excluding hydrogens is 608 g/mol. The molecule has 48 heavy (non-hydrogen) atoms. The molecule has 0 spiro atoms. The molecule has 0 heterocycles. The van der Waals surface area contributed by atoms with Crippen molar-refractivity contribution in [1.29, 1.82) is 0 Å². The molecule has 3 unspecified atom stereocenters. The van der Waals surface area contributed by atoms with Crippen molar-refractivity contribution in [3.05, 3.63) is 96.6 Å². The van der Waals surface area contributed by atoms with E-state index >= 15 is 0 Å². The van der Waals surface area contributed by atoms with Gasteiger partial charge < -0.3 is 18.9 Å². The molecule has 0 radical (unpaired) electrons. The summed E-state index contributed by atoms with van der Waals surface area (Å²) in [7, 11) is 0. The molecule has 0 N–H and O–H groups in total. The minimum absolute atomic E-state index is 0.0510. The van der Waals surface area contributed by atoms with E-state index in [0.29, 0.717) is 65.0 Å². The molecule has 3 aromatic rings. The van der Waals surface area contributed by atoms with Gasteiger partial charge in [-0.2, -0.15) is 10.2 Å². The number of carbonyl (C=O) groups excluding carboxylic acids is 3. The summed E-state index contributed by atoms with van der Waals surface area (Å²) in [5.41, 5.74) is 2.09. The van der Waals surface area contributed by atoms with E-state index in [-0.39, 0.29) is 12.1 Å². The Bertz CT molecular complexity index is 1520. The van der Waals surface area contributed by atoms with Gasteiger partial charge in [-0.05, 0) is 129 Å². The van der Waals surface area contributed by atoms with Gasteiger partial charge in [0.05, 0.1) is 35.7 Å². The Labute approximate surface area is 283 Å². The van der Waals surface area contributed by atoms with Gasteiger partial charge in [0.2, 0.25) is 0 Å². The Kier molecular flexibility index (Phi) is 13.9. The maximum atomic E-state index is 12.9. The number of hydrogen-bond acceptors (Lipinski definition) is 9. The fourth-order valence-corrected chi connectivity index (χ4v) is 5.65. The first kappa shape index (κ1) is 36.1. The highest BCUT2D eigenvalue weighted by Gasteiger charge is 2.33. The monoisotopic (exact) mass is 654 g/mol. The first-order valence-electron chi connectivity index (χ1n) is 16.8. The van der Waals surface area contributed by atoms with Crippen LogP contribution in [0.15, 0.2) is 95.7 Å². The zero-order valence-corrected chi connectivity index (χ0v) is 28.1. The molecule has 0 bridgehead atoms.